The second kappa shape index (κ2) is 8.29. The molecule has 24 heavy (non-hydrogen) atoms. The fourth-order valence-electron chi connectivity index (χ4n) is 2.72. The molecule has 2 fully saturated rings. The van der Waals surface area contributed by atoms with Crippen molar-refractivity contribution in [2.24, 2.45) is 0 Å². The Labute approximate surface area is 137 Å². The van der Waals surface area contributed by atoms with Crippen molar-refractivity contribution in [3.8, 4) is 0 Å². The number of aliphatic hydroxyl groups is 7. The number of ether oxygens (including phenoxy) is 4. The molecule has 2 aliphatic rings. The van der Waals surface area contributed by atoms with Crippen LogP contribution < -0.4 is 0 Å². The van der Waals surface area contributed by atoms with Crippen molar-refractivity contribution in [3.63, 3.8) is 0 Å². The third kappa shape index (κ3) is 3.86. The van der Waals surface area contributed by atoms with Crippen LogP contribution in [0.4, 0.5) is 0 Å². The van der Waals surface area contributed by atoms with E-state index in [1.165, 1.54) is 7.11 Å². The zero-order valence-corrected chi connectivity index (χ0v) is 13.0. The summed E-state index contributed by atoms with van der Waals surface area (Å²) < 4.78 is 20.6. The van der Waals surface area contributed by atoms with Crippen molar-refractivity contribution in [2.75, 3.05) is 20.3 Å². The van der Waals surface area contributed by atoms with Crippen LogP contribution in [0.2, 0.25) is 0 Å². The van der Waals surface area contributed by atoms with Crippen LogP contribution in [0.15, 0.2) is 0 Å². The van der Waals surface area contributed by atoms with Crippen LogP contribution in [0.25, 0.3) is 0 Å². The summed E-state index contributed by atoms with van der Waals surface area (Å²) in [5.74, 6) is 0. The molecular formula is C13H24O11. The van der Waals surface area contributed by atoms with Crippen molar-refractivity contribution in [2.45, 2.75) is 61.4 Å². The standard InChI is InChI=1S/C13H24O11/c1-21-3-5-11(8(17)9(18)12(20)22-5)24-13-10(19)7(16)6(15)4(2-14)23-13/h4-20H,2-3H2,1H3/t4?,5?,6-,7+,8-,9?,10?,11+,12-,13+/m0/s1. The minimum atomic E-state index is -1.68. The highest BCUT2D eigenvalue weighted by Crippen LogP contribution is 2.28. The van der Waals surface area contributed by atoms with Crippen LogP contribution in [-0.4, -0.2) is 117 Å². The smallest absolute Gasteiger partial charge is 0.187 e. The number of aliphatic hydroxyl groups excluding tert-OH is 7. The highest BCUT2D eigenvalue weighted by Gasteiger charge is 2.50. The molecular weight excluding hydrogens is 332 g/mol. The normalized spacial score (nSPS) is 50.0. The Hall–Kier alpha value is -0.440. The van der Waals surface area contributed by atoms with Crippen molar-refractivity contribution in [1.82, 2.24) is 0 Å². The van der Waals surface area contributed by atoms with E-state index in [9.17, 15) is 30.6 Å². The Bertz CT molecular complexity index is 394. The van der Waals surface area contributed by atoms with Gasteiger partial charge in [0.1, 0.15) is 48.8 Å². The zero-order chi connectivity index (χ0) is 18.0. The maximum Gasteiger partial charge on any atom is 0.187 e. The summed E-state index contributed by atoms with van der Waals surface area (Å²) in [5.41, 5.74) is 0. The summed E-state index contributed by atoms with van der Waals surface area (Å²) in [6, 6.07) is 0. The molecule has 2 heterocycles. The molecule has 0 amide bonds. The second-order valence-corrected chi connectivity index (χ2v) is 5.80. The van der Waals surface area contributed by atoms with Crippen molar-refractivity contribution in [1.29, 1.82) is 0 Å². The predicted molar refractivity (Wildman–Crippen MR) is 73.4 cm³/mol. The lowest BCUT2D eigenvalue weighted by atomic mass is 9.97. The third-order valence-electron chi connectivity index (χ3n) is 4.13. The van der Waals surface area contributed by atoms with Crippen molar-refractivity contribution in [3.05, 3.63) is 0 Å². The summed E-state index contributed by atoms with van der Waals surface area (Å²) in [7, 11) is 1.35. The first-order valence-electron chi connectivity index (χ1n) is 7.46. The van der Waals surface area contributed by atoms with Gasteiger partial charge < -0.3 is 54.7 Å². The van der Waals surface area contributed by atoms with Gasteiger partial charge >= 0.3 is 0 Å². The van der Waals surface area contributed by atoms with Gasteiger partial charge in [0.05, 0.1) is 13.2 Å². The van der Waals surface area contributed by atoms with E-state index >= 15 is 0 Å². The monoisotopic (exact) mass is 356 g/mol. The van der Waals surface area contributed by atoms with Gasteiger partial charge in [0.15, 0.2) is 12.6 Å². The number of hydrogen-bond acceptors (Lipinski definition) is 11. The lowest BCUT2D eigenvalue weighted by Crippen LogP contribution is -2.64. The summed E-state index contributed by atoms with van der Waals surface area (Å²) in [4.78, 5) is 0. The summed E-state index contributed by atoms with van der Waals surface area (Å²) in [6.07, 6.45) is -14.8. The molecule has 0 saturated carbocycles. The highest BCUT2D eigenvalue weighted by atomic mass is 16.7. The minimum Gasteiger partial charge on any atom is -0.394 e. The Balaban J connectivity index is 2.13. The topological polar surface area (TPSA) is 179 Å². The highest BCUT2D eigenvalue weighted by molar-refractivity contribution is 4.93. The average molecular weight is 356 g/mol. The molecule has 0 bridgehead atoms. The first-order chi connectivity index (χ1) is 11.3. The predicted octanol–water partition coefficient (Wildman–Crippen LogP) is -4.74. The molecule has 7 N–H and O–H groups in total. The molecule has 0 aliphatic carbocycles. The lowest BCUT2D eigenvalue weighted by Gasteiger charge is -2.45. The molecule has 11 nitrogen and oxygen atoms in total. The Kier molecular flexibility index (Phi) is 6.87. The zero-order valence-electron chi connectivity index (χ0n) is 13.0. The molecule has 0 aromatic heterocycles. The van der Waals surface area contributed by atoms with Crippen LogP contribution in [-0.2, 0) is 18.9 Å². The van der Waals surface area contributed by atoms with E-state index in [4.69, 9.17) is 24.1 Å². The lowest BCUT2D eigenvalue weighted by molar-refractivity contribution is -0.355. The van der Waals surface area contributed by atoms with Gasteiger partial charge in [-0.1, -0.05) is 0 Å². The molecule has 10 atom stereocenters. The van der Waals surface area contributed by atoms with Gasteiger partial charge in [0, 0.05) is 7.11 Å². The molecule has 0 radical (unpaired) electrons. The first kappa shape index (κ1) is 19.9. The molecule has 2 aliphatic heterocycles. The maximum atomic E-state index is 10.1. The Morgan fingerprint density at radius 2 is 1.46 bits per heavy atom. The number of rotatable bonds is 5. The Morgan fingerprint density at radius 3 is 2.04 bits per heavy atom. The molecule has 2 rings (SSSR count). The van der Waals surface area contributed by atoms with Gasteiger partial charge in [-0.05, 0) is 0 Å². The molecule has 2 saturated heterocycles. The fraction of sp³-hybridized carbons (Fsp3) is 1.00. The molecule has 142 valence electrons. The molecule has 4 unspecified atom stereocenters. The maximum absolute atomic E-state index is 10.1. The van der Waals surface area contributed by atoms with Crippen LogP contribution in [0, 0.1) is 0 Å². The van der Waals surface area contributed by atoms with E-state index < -0.39 is 68.0 Å². The average Bonchev–Trinajstić information content (AvgIpc) is 2.56. The van der Waals surface area contributed by atoms with Crippen LogP contribution >= 0.6 is 0 Å². The van der Waals surface area contributed by atoms with E-state index in [0.29, 0.717) is 0 Å². The molecule has 0 spiro atoms. The van der Waals surface area contributed by atoms with Crippen LogP contribution in [0.1, 0.15) is 0 Å². The van der Waals surface area contributed by atoms with Crippen molar-refractivity contribution < 1.29 is 54.7 Å². The second-order valence-electron chi connectivity index (χ2n) is 5.80. The Morgan fingerprint density at radius 1 is 0.792 bits per heavy atom. The molecule has 11 heteroatoms. The third-order valence-corrected chi connectivity index (χ3v) is 4.13. The number of methoxy groups -OCH3 is 1. The van der Waals surface area contributed by atoms with Gasteiger partial charge in [-0.2, -0.15) is 0 Å². The van der Waals surface area contributed by atoms with Gasteiger partial charge in [-0.25, -0.2) is 0 Å². The quantitative estimate of drug-likeness (QED) is 0.251. The van der Waals surface area contributed by atoms with Crippen LogP contribution in [0.3, 0.4) is 0 Å². The van der Waals surface area contributed by atoms with Gasteiger partial charge in [-0.3, -0.25) is 0 Å². The summed E-state index contributed by atoms with van der Waals surface area (Å²) in [6.45, 7) is -0.750. The van der Waals surface area contributed by atoms with Crippen LogP contribution in [0.5, 0.6) is 0 Å². The van der Waals surface area contributed by atoms with E-state index in [0.717, 1.165) is 0 Å². The van der Waals surface area contributed by atoms with Crippen molar-refractivity contribution >= 4 is 0 Å². The van der Waals surface area contributed by atoms with E-state index in [1.54, 1.807) is 0 Å². The molecule has 0 aromatic carbocycles. The van der Waals surface area contributed by atoms with Gasteiger partial charge in [-0.15, -0.1) is 0 Å². The van der Waals surface area contributed by atoms with E-state index in [1.807, 2.05) is 0 Å². The summed E-state index contributed by atoms with van der Waals surface area (Å²) >= 11 is 0. The summed E-state index contributed by atoms with van der Waals surface area (Å²) in [5, 5.41) is 67.9. The van der Waals surface area contributed by atoms with E-state index in [2.05, 4.69) is 0 Å². The van der Waals surface area contributed by atoms with Gasteiger partial charge in [0.25, 0.3) is 0 Å². The first-order valence-corrected chi connectivity index (χ1v) is 7.46. The fourth-order valence-corrected chi connectivity index (χ4v) is 2.72. The van der Waals surface area contributed by atoms with E-state index in [-0.39, 0.29) is 6.61 Å². The molecule has 0 aromatic rings. The largest absolute Gasteiger partial charge is 0.394 e. The number of hydrogen-bond donors (Lipinski definition) is 7. The minimum absolute atomic E-state index is 0.108. The SMILES string of the molecule is COCC1O[C@H](O)C(O)[C@H](O)[C@@H]1O[C@H]1OC(CO)[C@H](O)[C@@H](O)C1O. The van der Waals surface area contributed by atoms with Gasteiger partial charge in [0.2, 0.25) is 0 Å².